The topological polar surface area (TPSA) is 31.5 Å². The van der Waals surface area contributed by atoms with Gasteiger partial charge < -0.3 is 5.48 Å². The fourth-order valence-electron chi connectivity index (χ4n) is 0.177. The fraction of sp³-hybridized carbons (Fsp3) is 1.00. The zero-order chi connectivity index (χ0) is 4.12. The van der Waals surface area contributed by atoms with E-state index in [2.05, 4.69) is 6.92 Å². The van der Waals surface area contributed by atoms with Crippen LogP contribution in [0.25, 0.3) is 0 Å². The van der Waals surface area contributed by atoms with E-state index in [4.69, 9.17) is 0 Å². The summed E-state index contributed by atoms with van der Waals surface area (Å²) < 4.78 is 1.43. The molecule has 2 heteroatoms. The molecule has 0 aromatic rings. The Kier molecular flexibility index (Phi) is 15.2. The van der Waals surface area contributed by atoms with Crippen molar-refractivity contribution in [3.8, 4) is 0 Å². The molecule has 0 aliphatic heterocycles. The van der Waals surface area contributed by atoms with Crippen LogP contribution in [0.5, 0.6) is 0 Å². The largest absolute Gasteiger partial charge is 0.412 e. The molecule has 3 radical (unpaired) electrons. The Hall–Kier alpha value is 0.759. The predicted octanol–water partition coefficient (Wildman–Crippen LogP) is 0.549. The number of hydrogen-bond donors (Lipinski definition) is 0. The number of unbranched alkanes of at least 4 members (excludes halogenated alkanes) is 1. The van der Waals surface area contributed by atoms with Crippen LogP contribution in [0.1, 0.15) is 19.8 Å². The first-order valence-corrected chi connectivity index (χ1v) is 4.08. The molecular formula is C4H11OSn. The van der Waals surface area contributed by atoms with Crippen LogP contribution in [0, 0.1) is 0 Å². The molecule has 0 bridgehead atoms. The predicted molar refractivity (Wildman–Crippen MR) is 29.1 cm³/mol. The van der Waals surface area contributed by atoms with Gasteiger partial charge in [0.05, 0.1) is 0 Å². The Labute approximate surface area is 52.5 Å². The smallest absolute Gasteiger partial charge is 0.412 e. The molecule has 0 aromatic heterocycles. The van der Waals surface area contributed by atoms with E-state index < -0.39 is 0 Å². The van der Waals surface area contributed by atoms with Crippen molar-refractivity contribution in [3.05, 3.63) is 0 Å². The van der Waals surface area contributed by atoms with E-state index in [-0.39, 0.29) is 5.48 Å². The third-order valence-electron chi connectivity index (χ3n) is 0.530. The van der Waals surface area contributed by atoms with E-state index in [0.717, 1.165) is 0 Å². The zero-order valence-electron chi connectivity index (χ0n) is 4.12. The van der Waals surface area contributed by atoms with Gasteiger partial charge in [-0.05, 0) is 0 Å². The van der Waals surface area contributed by atoms with Crippen molar-refractivity contribution in [1.29, 1.82) is 0 Å². The SMILES string of the molecule is CCC[CH2][Sn].O. The Morgan fingerprint density at radius 2 is 2.00 bits per heavy atom. The summed E-state index contributed by atoms with van der Waals surface area (Å²) in [5.41, 5.74) is 0. The van der Waals surface area contributed by atoms with Crippen LogP contribution < -0.4 is 0 Å². The molecule has 37 valence electrons. The molecule has 0 saturated carbocycles. The van der Waals surface area contributed by atoms with Gasteiger partial charge >= 0.3 is 46.7 Å². The normalized spacial score (nSPS) is 7.00. The van der Waals surface area contributed by atoms with E-state index in [1.165, 1.54) is 17.3 Å². The van der Waals surface area contributed by atoms with E-state index in [1.54, 1.807) is 22.5 Å². The Balaban J connectivity index is 0. The van der Waals surface area contributed by atoms with Crippen LogP contribution in [-0.2, 0) is 0 Å². The average molecular weight is 194 g/mol. The Morgan fingerprint density at radius 3 is 2.00 bits per heavy atom. The third-order valence-corrected chi connectivity index (χ3v) is 1.54. The zero-order valence-corrected chi connectivity index (χ0v) is 6.98. The van der Waals surface area contributed by atoms with Crippen molar-refractivity contribution in [2.75, 3.05) is 0 Å². The standard InChI is InChI=1S/C4H9.H2O.Sn/c1-3-4-2;;/h1,3-4H2,2H3;1H2;. The van der Waals surface area contributed by atoms with Crippen molar-refractivity contribution in [2.45, 2.75) is 24.2 Å². The van der Waals surface area contributed by atoms with Crippen LogP contribution in [0.15, 0.2) is 0 Å². The van der Waals surface area contributed by atoms with Gasteiger partial charge in [-0.15, -0.1) is 0 Å². The van der Waals surface area contributed by atoms with Gasteiger partial charge in [0.1, 0.15) is 0 Å². The number of rotatable bonds is 2. The molecule has 1 nitrogen and oxygen atoms in total. The van der Waals surface area contributed by atoms with E-state index >= 15 is 0 Å². The maximum Gasteiger partial charge on any atom is -0.412 e. The van der Waals surface area contributed by atoms with E-state index in [1.807, 2.05) is 0 Å². The summed E-state index contributed by atoms with van der Waals surface area (Å²) >= 11 is 1.68. The van der Waals surface area contributed by atoms with Crippen molar-refractivity contribution in [2.24, 2.45) is 0 Å². The van der Waals surface area contributed by atoms with Gasteiger partial charge in [0.15, 0.2) is 0 Å². The molecule has 0 amide bonds. The summed E-state index contributed by atoms with van der Waals surface area (Å²) in [6.45, 7) is 2.23. The van der Waals surface area contributed by atoms with Gasteiger partial charge in [-0.2, -0.15) is 0 Å². The van der Waals surface area contributed by atoms with Gasteiger partial charge in [-0.25, -0.2) is 0 Å². The quantitative estimate of drug-likeness (QED) is 0.574. The van der Waals surface area contributed by atoms with Gasteiger partial charge in [0, 0.05) is 0 Å². The van der Waals surface area contributed by atoms with Crippen LogP contribution in [0.4, 0.5) is 0 Å². The molecule has 0 aromatic carbocycles. The summed E-state index contributed by atoms with van der Waals surface area (Å²) in [5.74, 6) is 0. The molecular weight excluding hydrogens is 183 g/mol. The van der Waals surface area contributed by atoms with Crippen LogP contribution in [0.3, 0.4) is 0 Å². The van der Waals surface area contributed by atoms with E-state index in [0.29, 0.717) is 0 Å². The van der Waals surface area contributed by atoms with Gasteiger partial charge in [0.25, 0.3) is 0 Å². The first kappa shape index (κ1) is 9.90. The minimum absolute atomic E-state index is 0. The van der Waals surface area contributed by atoms with Gasteiger partial charge in [-0.1, -0.05) is 0 Å². The molecule has 0 atom stereocenters. The Bertz CT molecular complexity index is 15.0. The minimum Gasteiger partial charge on any atom is -0.412 e. The first-order valence-electron chi connectivity index (χ1n) is 2.06. The number of hydrogen-bond acceptors (Lipinski definition) is 0. The van der Waals surface area contributed by atoms with Crippen molar-refractivity contribution >= 4 is 22.5 Å². The molecule has 0 heterocycles. The minimum atomic E-state index is 0. The summed E-state index contributed by atoms with van der Waals surface area (Å²) in [4.78, 5) is 0. The second kappa shape index (κ2) is 9.23. The van der Waals surface area contributed by atoms with E-state index in [9.17, 15) is 0 Å². The van der Waals surface area contributed by atoms with Gasteiger partial charge in [-0.3, -0.25) is 0 Å². The molecule has 0 rings (SSSR count). The summed E-state index contributed by atoms with van der Waals surface area (Å²) in [5, 5.41) is 0. The summed E-state index contributed by atoms with van der Waals surface area (Å²) in [6.07, 6.45) is 2.80. The molecule has 2 N–H and O–H groups in total. The van der Waals surface area contributed by atoms with Crippen molar-refractivity contribution in [1.82, 2.24) is 0 Å². The van der Waals surface area contributed by atoms with Gasteiger partial charge in [0.2, 0.25) is 0 Å². The summed E-state index contributed by atoms with van der Waals surface area (Å²) in [7, 11) is 0. The second-order valence-electron chi connectivity index (χ2n) is 1.10. The molecule has 6 heavy (non-hydrogen) atoms. The maximum atomic E-state index is 2.23. The van der Waals surface area contributed by atoms with Crippen LogP contribution >= 0.6 is 0 Å². The van der Waals surface area contributed by atoms with Crippen molar-refractivity contribution in [3.63, 3.8) is 0 Å². The third kappa shape index (κ3) is 8.83. The summed E-state index contributed by atoms with van der Waals surface area (Å²) in [6, 6.07) is 0. The first-order chi connectivity index (χ1) is 2.41. The monoisotopic (exact) mass is 195 g/mol. The molecule has 0 aliphatic rings. The molecule has 0 saturated heterocycles. The van der Waals surface area contributed by atoms with Crippen LogP contribution in [0.2, 0.25) is 4.44 Å². The Morgan fingerprint density at radius 1 is 1.50 bits per heavy atom. The molecule has 0 spiro atoms. The molecule has 0 fully saturated rings. The maximum absolute atomic E-state index is 2.23. The van der Waals surface area contributed by atoms with Crippen molar-refractivity contribution < 1.29 is 5.48 Å². The molecule has 0 unspecified atom stereocenters. The van der Waals surface area contributed by atoms with Crippen LogP contribution in [-0.4, -0.2) is 28.0 Å². The average Bonchev–Trinajstić information content (AvgIpc) is 1.41. The fourth-order valence-corrected chi connectivity index (χ4v) is 1.19. The molecule has 0 aliphatic carbocycles. The second-order valence-corrected chi connectivity index (χ2v) is 2.53.